The summed E-state index contributed by atoms with van der Waals surface area (Å²) in [5.41, 5.74) is 1.76. The molecule has 0 atom stereocenters. The van der Waals surface area contributed by atoms with Crippen LogP contribution in [0.2, 0.25) is 0 Å². The molecule has 1 aliphatic heterocycles. The van der Waals surface area contributed by atoms with Crippen LogP contribution in [0.5, 0.6) is 0 Å². The summed E-state index contributed by atoms with van der Waals surface area (Å²) in [6, 6.07) is 14.2. The maximum atomic E-state index is 13.0. The number of carbonyl (C=O) groups excluding carboxylic acids is 1. The van der Waals surface area contributed by atoms with Crippen LogP contribution in [0, 0.1) is 9.39 Å². The van der Waals surface area contributed by atoms with Crippen molar-refractivity contribution in [2.45, 2.75) is 0 Å². The van der Waals surface area contributed by atoms with Gasteiger partial charge in [0.15, 0.2) is 0 Å². The number of nitrogens with zero attached hydrogens (tertiary/aromatic N) is 2. The molecule has 1 saturated heterocycles. The smallest absolute Gasteiger partial charge is 0.255 e. The van der Waals surface area contributed by atoms with E-state index in [1.165, 1.54) is 12.1 Å². The van der Waals surface area contributed by atoms with Crippen LogP contribution in [-0.2, 0) is 0 Å². The summed E-state index contributed by atoms with van der Waals surface area (Å²) in [5, 5.41) is 0. The SMILES string of the molecule is O=C(c1ccccc1I)N1CCN(c2ccc(F)cc2)CC1. The van der Waals surface area contributed by atoms with E-state index in [9.17, 15) is 9.18 Å². The van der Waals surface area contributed by atoms with Crippen molar-refractivity contribution in [3.05, 3.63) is 63.5 Å². The fourth-order valence-corrected chi connectivity index (χ4v) is 3.24. The highest BCUT2D eigenvalue weighted by atomic mass is 127. The first-order valence-electron chi connectivity index (χ1n) is 7.19. The third kappa shape index (κ3) is 3.24. The molecular weight excluding hydrogens is 394 g/mol. The van der Waals surface area contributed by atoms with Gasteiger partial charge >= 0.3 is 0 Å². The van der Waals surface area contributed by atoms with Crippen LogP contribution in [-0.4, -0.2) is 37.0 Å². The van der Waals surface area contributed by atoms with E-state index in [0.717, 1.165) is 27.9 Å². The molecule has 1 aliphatic rings. The summed E-state index contributed by atoms with van der Waals surface area (Å²) in [4.78, 5) is 16.6. The number of hydrogen-bond donors (Lipinski definition) is 0. The lowest BCUT2D eigenvalue weighted by Crippen LogP contribution is -2.49. The molecule has 0 unspecified atom stereocenters. The Morgan fingerprint density at radius 2 is 1.59 bits per heavy atom. The monoisotopic (exact) mass is 410 g/mol. The van der Waals surface area contributed by atoms with Gasteiger partial charge in [-0.3, -0.25) is 4.79 Å². The Morgan fingerprint density at radius 3 is 2.23 bits per heavy atom. The molecule has 0 radical (unpaired) electrons. The van der Waals surface area contributed by atoms with Crippen LogP contribution in [0.25, 0.3) is 0 Å². The Morgan fingerprint density at radius 1 is 0.955 bits per heavy atom. The predicted molar refractivity (Wildman–Crippen MR) is 93.7 cm³/mol. The molecule has 0 aromatic heterocycles. The van der Waals surface area contributed by atoms with Crippen molar-refractivity contribution in [1.82, 2.24) is 4.90 Å². The molecule has 2 aromatic rings. The second-order valence-electron chi connectivity index (χ2n) is 5.24. The lowest BCUT2D eigenvalue weighted by atomic mass is 10.1. The van der Waals surface area contributed by atoms with Gasteiger partial charge in [-0.2, -0.15) is 0 Å². The van der Waals surface area contributed by atoms with Crippen molar-refractivity contribution in [2.75, 3.05) is 31.1 Å². The third-order valence-electron chi connectivity index (χ3n) is 3.86. The van der Waals surface area contributed by atoms with E-state index in [4.69, 9.17) is 0 Å². The molecule has 22 heavy (non-hydrogen) atoms. The minimum Gasteiger partial charge on any atom is -0.368 e. The number of benzene rings is 2. The van der Waals surface area contributed by atoms with Crippen molar-refractivity contribution in [2.24, 2.45) is 0 Å². The molecular formula is C17H16FIN2O. The molecule has 0 saturated carbocycles. The van der Waals surface area contributed by atoms with Gasteiger partial charge in [-0.15, -0.1) is 0 Å². The van der Waals surface area contributed by atoms with Crippen LogP contribution in [0.3, 0.4) is 0 Å². The number of amides is 1. The summed E-state index contributed by atoms with van der Waals surface area (Å²) < 4.78 is 14.0. The molecule has 1 heterocycles. The maximum absolute atomic E-state index is 13.0. The zero-order chi connectivity index (χ0) is 15.5. The first-order chi connectivity index (χ1) is 10.6. The molecule has 3 nitrogen and oxygen atoms in total. The minimum atomic E-state index is -0.226. The van der Waals surface area contributed by atoms with Gasteiger partial charge < -0.3 is 9.80 Å². The maximum Gasteiger partial charge on any atom is 0.255 e. The van der Waals surface area contributed by atoms with E-state index in [1.54, 1.807) is 12.1 Å². The van der Waals surface area contributed by atoms with E-state index < -0.39 is 0 Å². The summed E-state index contributed by atoms with van der Waals surface area (Å²) in [5.74, 6) is -0.139. The Bertz CT molecular complexity index is 667. The molecule has 0 N–H and O–H groups in total. The molecule has 2 aromatic carbocycles. The molecule has 3 rings (SSSR count). The first kappa shape index (κ1) is 15.3. The largest absolute Gasteiger partial charge is 0.368 e. The van der Waals surface area contributed by atoms with E-state index in [1.807, 2.05) is 29.2 Å². The quantitative estimate of drug-likeness (QED) is 0.709. The van der Waals surface area contributed by atoms with Gasteiger partial charge in [-0.1, -0.05) is 12.1 Å². The molecule has 5 heteroatoms. The Kier molecular flexibility index (Phi) is 4.61. The molecule has 0 aliphatic carbocycles. The van der Waals surface area contributed by atoms with E-state index in [2.05, 4.69) is 27.5 Å². The van der Waals surface area contributed by atoms with Gasteiger partial charge in [0.25, 0.3) is 5.91 Å². The van der Waals surface area contributed by atoms with Crippen LogP contribution >= 0.6 is 22.6 Å². The van der Waals surface area contributed by atoms with Crippen LogP contribution < -0.4 is 4.90 Å². The highest BCUT2D eigenvalue weighted by Crippen LogP contribution is 2.19. The van der Waals surface area contributed by atoms with Crippen molar-refractivity contribution >= 4 is 34.2 Å². The number of rotatable bonds is 2. The van der Waals surface area contributed by atoms with Gasteiger partial charge in [0, 0.05) is 35.4 Å². The second-order valence-corrected chi connectivity index (χ2v) is 6.40. The van der Waals surface area contributed by atoms with Crippen LogP contribution in [0.4, 0.5) is 10.1 Å². The Hall–Kier alpha value is -1.63. The van der Waals surface area contributed by atoms with Gasteiger partial charge in [-0.25, -0.2) is 4.39 Å². The first-order valence-corrected chi connectivity index (χ1v) is 8.27. The van der Waals surface area contributed by atoms with E-state index in [0.29, 0.717) is 13.1 Å². The summed E-state index contributed by atoms with van der Waals surface area (Å²) in [6.45, 7) is 2.89. The topological polar surface area (TPSA) is 23.6 Å². The van der Waals surface area contributed by atoms with Gasteiger partial charge in [0.1, 0.15) is 5.82 Å². The van der Waals surface area contributed by atoms with Crippen LogP contribution in [0.15, 0.2) is 48.5 Å². The van der Waals surface area contributed by atoms with E-state index in [-0.39, 0.29) is 11.7 Å². The summed E-state index contributed by atoms with van der Waals surface area (Å²) >= 11 is 2.19. The number of anilines is 1. The number of piperazine rings is 1. The molecule has 0 bridgehead atoms. The normalized spacial score (nSPS) is 15.0. The second kappa shape index (κ2) is 6.64. The standard InChI is InChI=1S/C17H16FIN2O/c18-13-5-7-14(8-6-13)20-9-11-21(12-10-20)17(22)15-3-1-2-4-16(15)19/h1-8H,9-12H2. The zero-order valence-corrected chi connectivity index (χ0v) is 14.2. The van der Waals surface area contributed by atoms with Gasteiger partial charge in [-0.05, 0) is 59.0 Å². The van der Waals surface area contributed by atoms with Crippen molar-refractivity contribution in [3.8, 4) is 0 Å². The Labute approximate surface area is 142 Å². The average molecular weight is 410 g/mol. The average Bonchev–Trinajstić information content (AvgIpc) is 2.56. The lowest BCUT2D eigenvalue weighted by molar-refractivity contribution is 0.0745. The van der Waals surface area contributed by atoms with Crippen molar-refractivity contribution < 1.29 is 9.18 Å². The summed E-state index contributed by atoms with van der Waals surface area (Å²) in [6.07, 6.45) is 0. The highest BCUT2D eigenvalue weighted by molar-refractivity contribution is 14.1. The Balaban J connectivity index is 1.65. The van der Waals surface area contributed by atoms with E-state index >= 15 is 0 Å². The van der Waals surface area contributed by atoms with Gasteiger partial charge in [0.2, 0.25) is 0 Å². The number of halogens is 2. The third-order valence-corrected chi connectivity index (χ3v) is 4.80. The fraction of sp³-hybridized carbons (Fsp3) is 0.235. The van der Waals surface area contributed by atoms with Crippen LogP contribution in [0.1, 0.15) is 10.4 Å². The minimum absolute atomic E-state index is 0.0868. The number of hydrogen-bond acceptors (Lipinski definition) is 2. The van der Waals surface area contributed by atoms with Gasteiger partial charge in [0.05, 0.1) is 5.56 Å². The summed E-state index contributed by atoms with van der Waals surface area (Å²) in [7, 11) is 0. The van der Waals surface area contributed by atoms with Crippen molar-refractivity contribution in [3.63, 3.8) is 0 Å². The highest BCUT2D eigenvalue weighted by Gasteiger charge is 2.23. The molecule has 1 fully saturated rings. The lowest BCUT2D eigenvalue weighted by Gasteiger charge is -2.36. The molecule has 1 amide bonds. The molecule has 114 valence electrons. The van der Waals surface area contributed by atoms with Crippen molar-refractivity contribution in [1.29, 1.82) is 0 Å². The molecule has 0 spiro atoms. The fourth-order valence-electron chi connectivity index (χ4n) is 2.62. The number of carbonyl (C=O) groups is 1. The predicted octanol–water partition coefficient (Wildman–Crippen LogP) is 3.39. The zero-order valence-electron chi connectivity index (χ0n) is 12.0.